The second kappa shape index (κ2) is 10.4. The summed E-state index contributed by atoms with van der Waals surface area (Å²) in [5.41, 5.74) is 2.56. The molecule has 3 aromatic carbocycles. The first kappa shape index (κ1) is 22.1. The monoisotopic (exact) mass is 416 g/mol. The maximum atomic E-state index is 12.7. The molecule has 0 aromatic heterocycles. The third-order valence-electron chi connectivity index (χ3n) is 4.71. The Hall–Kier alpha value is -3.60. The molecule has 0 heterocycles. The molecule has 5 heteroatoms. The van der Waals surface area contributed by atoms with Gasteiger partial charge in [0.1, 0.15) is 5.75 Å². The fourth-order valence-electron chi connectivity index (χ4n) is 3.04. The van der Waals surface area contributed by atoms with Crippen LogP contribution in [0, 0.1) is 5.92 Å². The molecule has 0 spiro atoms. The molecular weight excluding hydrogens is 388 g/mol. The summed E-state index contributed by atoms with van der Waals surface area (Å²) in [6.07, 6.45) is 0. The first-order valence-corrected chi connectivity index (χ1v) is 10.4. The van der Waals surface area contributed by atoms with Gasteiger partial charge >= 0.3 is 0 Å². The highest BCUT2D eigenvalue weighted by Gasteiger charge is 2.13. The molecule has 1 unspecified atom stereocenters. The molecule has 5 nitrogen and oxygen atoms in total. The predicted molar refractivity (Wildman–Crippen MR) is 123 cm³/mol. The number of carbonyl (C=O) groups excluding carboxylic acids is 2. The van der Waals surface area contributed by atoms with Crippen LogP contribution in [-0.2, 0) is 0 Å². The highest BCUT2D eigenvalue weighted by atomic mass is 16.5. The van der Waals surface area contributed by atoms with E-state index in [2.05, 4.69) is 24.5 Å². The number of carbonyl (C=O) groups is 2. The molecule has 160 valence electrons. The molecule has 1 atom stereocenters. The lowest BCUT2D eigenvalue weighted by atomic mass is 10.1. The number of hydrogen-bond donors (Lipinski definition) is 2. The number of hydrogen-bond acceptors (Lipinski definition) is 3. The van der Waals surface area contributed by atoms with Crippen molar-refractivity contribution < 1.29 is 14.3 Å². The third kappa shape index (κ3) is 6.44. The number of nitrogens with one attached hydrogen (secondary N) is 2. The van der Waals surface area contributed by atoms with Crippen LogP contribution in [-0.4, -0.2) is 18.4 Å². The van der Waals surface area contributed by atoms with E-state index in [-0.39, 0.29) is 17.9 Å². The first-order chi connectivity index (χ1) is 14.9. The average Bonchev–Trinajstić information content (AvgIpc) is 2.78. The second-order valence-corrected chi connectivity index (χ2v) is 7.87. The van der Waals surface area contributed by atoms with Crippen LogP contribution in [0.4, 0.5) is 5.69 Å². The lowest BCUT2D eigenvalue weighted by Gasteiger charge is -2.15. The van der Waals surface area contributed by atoms with E-state index in [1.807, 2.05) is 43.3 Å². The van der Waals surface area contributed by atoms with Crippen molar-refractivity contribution in [3.63, 3.8) is 0 Å². The molecule has 0 bridgehead atoms. The molecule has 31 heavy (non-hydrogen) atoms. The topological polar surface area (TPSA) is 67.4 Å². The Morgan fingerprint density at radius 3 is 2.19 bits per heavy atom. The van der Waals surface area contributed by atoms with Crippen LogP contribution in [0.5, 0.6) is 5.75 Å². The Morgan fingerprint density at radius 1 is 0.806 bits per heavy atom. The normalized spacial score (nSPS) is 11.6. The summed E-state index contributed by atoms with van der Waals surface area (Å²) in [4.78, 5) is 25.3. The smallest absolute Gasteiger partial charge is 0.255 e. The Bertz CT molecular complexity index is 1030. The zero-order valence-electron chi connectivity index (χ0n) is 18.1. The van der Waals surface area contributed by atoms with Crippen LogP contribution in [0.25, 0.3) is 0 Å². The van der Waals surface area contributed by atoms with E-state index in [1.54, 1.807) is 42.5 Å². The van der Waals surface area contributed by atoms with Gasteiger partial charge in [-0.15, -0.1) is 0 Å². The van der Waals surface area contributed by atoms with E-state index in [9.17, 15) is 9.59 Å². The summed E-state index contributed by atoms with van der Waals surface area (Å²) in [5.74, 6) is 0.599. The fraction of sp³-hybridized carbons (Fsp3) is 0.231. The second-order valence-electron chi connectivity index (χ2n) is 7.87. The standard InChI is InChI=1S/C26H28N2O3/c1-18(2)17-31-24-14-8-12-22(16-24)26(30)28-23-13-7-11-21(15-23)25(29)27-19(3)20-9-5-4-6-10-20/h4-16,18-19H,17H2,1-3H3,(H,27,29)(H,28,30). The average molecular weight is 417 g/mol. The Kier molecular flexibility index (Phi) is 7.44. The Balaban J connectivity index is 1.65. The minimum Gasteiger partial charge on any atom is -0.493 e. The van der Waals surface area contributed by atoms with E-state index in [1.165, 1.54) is 0 Å². The lowest BCUT2D eigenvalue weighted by Crippen LogP contribution is -2.26. The molecule has 3 rings (SSSR count). The summed E-state index contributed by atoms with van der Waals surface area (Å²) in [5, 5.41) is 5.84. The molecule has 0 saturated carbocycles. The summed E-state index contributed by atoms with van der Waals surface area (Å²) in [6.45, 7) is 6.66. The van der Waals surface area contributed by atoms with Gasteiger partial charge in [-0.1, -0.05) is 56.3 Å². The fourth-order valence-corrected chi connectivity index (χ4v) is 3.04. The van der Waals surface area contributed by atoms with Crippen molar-refractivity contribution in [1.29, 1.82) is 0 Å². The van der Waals surface area contributed by atoms with E-state index < -0.39 is 0 Å². The first-order valence-electron chi connectivity index (χ1n) is 10.4. The molecule has 0 aliphatic rings. The summed E-state index contributed by atoms with van der Waals surface area (Å²) >= 11 is 0. The minimum atomic E-state index is -0.259. The summed E-state index contributed by atoms with van der Waals surface area (Å²) in [7, 11) is 0. The van der Waals surface area contributed by atoms with Crippen molar-refractivity contribution in [1.82, 2.24) is 5.32 Å². The van der Waals surface area contributed by atoms with Gasteiger partial charge in [-0.05, 0) is 54.8 Å². The van der Waals surface area contributed by atoms with Gasteiger partial charge in [0, 0.05) is 16.8 Å². The van der Waals surface area contributed by atoms with Crippen LogP contribution in [0.3, 0.4) is 0 Å². The van der Waals surface area contributed by atoms with Gasteiger partial charge in [0.25, 0.3) is 11.8 Å². The molecular formula is C26H28N2O3. The van der Waals surface area contributed by atoms with Gasteiger partial charge < -0.3 is 15.4 Å². The van der Waals surface area contributed by atoms with Crippen molar-refractivity contribution in [2.45, 2.75) is 26.8 Å². The van der Waals surface area contributed by atoms with Crippen molar-refractivity contribution in [3.05, 3.63) is 95.6 Å². The van der Waals surface area contributed by atoms with Crippen molar-refractivity contribution in [2.75, 3.05) is 11.9 Å². The highest BCUT2D eigenvalue weighted by molar-refractivity contribution is 6.05. The van der Waals surface area contributed by atoms with Crippen molar-refractivity contribution >= 4 is 17.5 Å². The number of benzene rings is 3. The zero-order chi connectivity index (χ0) is 22.2. The zero-order valence-corrected chi connectivity index (χ0v) is 18.1. The summed E-state index contributed by atoms with van der Waals surface area (Å²) < 4.78 is 5.70. The van der Waals surface area contributed by atoms with Gasteiger partial charge in [0.05, 0.1) is 12.6 Å². The van der Waals surface area contributed by atoms with Crippen LogP contribution >= 0.6 is 0 Å². The Labute approximate surface area is 183 Å². The molecule has 0 fully saturated rings. The molecule has 0 saturated heterocycles. The number of rotatable bonds is 8. The van der Waals surface area contributed by atoms with Crippen molar-refractivity contribution in [2.24, 2.45) is 5.92 Å². The number of amides is 2. The van der Waals surface area contributed by atoms with Gasteiger partial charge in [-0.25, -0.2) is 0 Å². The predicted octanol–water partition coefficient (Wildman–Crippen LogP) is 5.46. The maximum Gasteiger partial charge on any atom is 0.255 e. The van der Waals surface area contributed by atoms with E-state index in [0.717, 1.165) is 5.56 Å². The van der Waals surface area contributed by atoms with E-state index >= 15 is 0 Å². The van der Waals surface area contributed by atoms with Crippen molar-refractivity contribution in [3.8, 4) is 5.75 Å². The molecule has 3 aromatic rings. The van der Waals surface area contributed by atoms with Gasteiger partial charge in [-0.3, -0.25) is 9.59 Å². The third-order valence-corrected chi connectivity index (χ3v) is 4.71. The molecule has 2 amide bonds. The van der Waals surface area contributed by atoms with Crippen LogP contribution in [0.15, 0.2) is 78.9 Å². The van der Waals surface area contributed by atoms with Gasteiger partial charge in [0.2, 0.25) is 0 Å². The van der Waals surface area contributed by atoms with E-state index in [4.69, 9.17) is 4.74 Å². The van der Waals surface area contributed by atoms with Gasteiger partial charge in [-0.2, -0.15) is 0 Å². The summed E-state index contributed by atoms with van der Waals surface area (Å²) in [6, 6.07) is 23.6. The molecule has 2 N–H and O–H groups in total. The van der Waals surface area contributed by atoms with E-state index in [0.29, 0.717) is 35.1 Å². The number of anilines is 1. The SMILES string of the molecule is CC(C)COc1cccc(C(=O)Nc2cccc(C(=O)NC(C)c3ccccc3)c2)c1. The Morgan fingerprint density at radius 2 is 1.48 bits per heavy atom. The van der Waals surface area contributed by atoms with Crippen LogP contribution in [0.1, 0.15) is 53.1 Å². The maximum absolute atomic E-state index is 12.7. The molecule has 0 aliphatic heterocycles. The largest absolute Gasteiger partial charge is 0.493 e. The molecule has 0 radical (unpaired) electrons. The lowest BCUT2D eigenvalue weighted by molar-refractivity contribution is 0.0938. The molecule has 0 aliphatic carbocycles. The minimum absolute atomic E-state index is 0.125. The number of ether oxygens (including phenoxy) is 1. The van der Waals surface area contributed by atoms with Crippen LogP contribution < -0.4 is 15.4 Å². The van der Waals surface area contributed by atoms with Gasteiger partial charge in [0.15, 0.2) is 0 Å². The quantitative estimate of drug-likeness (QED) is 0.512. The van der Waals surface area contributed by atoms with Crippen LogP contribution in [0.2, 0.25) is 0 Å². The highest BCUT2D eigenvalue weighted by Crippen LogP contribution is 2.18.